The molecule has 0 saturated heterocycles. The molecule has 1 saturated carbocycles. The van der Waals surface area contributed by atoms with Crippen LogP contribution in [-0.2, 0) is 55.3 Å². The molecule has 23 nitrogen and oxygen atoms in total. The van der Waals surface area contributed by atoms with Gasteiger partial charge >= 0.3 is 72.6 Å². The van der Waals surface area contributed by atoms with Crippen LogP contribution < -0.4 is 82.0 Å². The maximum Gasteiger partial charge on any atom is 0.123 e. The van der Waals surface area contributed by atoms with E-state index in [1.165, 1.54) is 53.4 Å². The Bertz CT molecular complexity index is 4430. The maximum absolute atomic E-state index is 13.2. The van der Waals surface area contributed by atoms with Crippen molar-refractivity contribution >= 4 is 190 Å². The van der Waals surface area contributed by atoms with Crippen LogP contribution in [0, 0.1) is 23.7 Å². The van der Waals surface area contributed by atoms with Crippen LogP contribution >= 0.6 is 119 Å². The Morgan fingerprint density at radius 2 is 1.60 bits per heavy atom. The largest absolute Gasteiger partial charge is 0.123 e. The third-order valence-corrected chi connectivity index (χ3v) is 19.9. The van der Waals surface area contributed by atoms with Crippen LogP contribution in [0.5, 0.6) is 11.5 Å². The number of hydrogen-bond donors (Lipinski definition) is 3. The molecular weight excluding hydrogens is 1880 g/mol. The zero-order valence-corrected chi connectivity index (χ0v) is 65.6. The van der Waals surface area contributed by atoms with E-state index < -0.39 is 81.5 Å². The van der Waals surface area contributed by atoms with Crippen molar-refractivity contribution in [3.05, 3.63) is 140 Å². The Morgan fingerprint density at radius 1 is 1.01 bits per heavy atom. The molecule has 95 heavy (non-hydrogen) atoms. The number of sulfone groups is 1. The fraction of sp³-hybridized carbons (Fsp3) is 0.357. The van der Waals surface area contributed by atoms with Gasteiger partial charge in [-0.3, -0.25) is 31.0 Å². The van der Waals surface area contributed by atoms with Crippen molar-refractivity contribution in [3.63, 3.8) is 0 Å². The van der Waals surface area contributed by atoms with E-state index in [1.54, 1.807) is 64.8 Å². The molecule has 0 bridgehead atoms. The smallest absolute Gasteiger partial charge is 0.0958 e. The van der Waals surface area contributed by atoms with E-state index in [2.05, 4.69) is 69.1 Å². The van der Waals surface area contributed by atoms with Gasteiger partial charge in [0, 0.05) is 79.9 Å². The number of nitrogens with one attached hydrogen (secondary N) is 2. The number of nitrogens with zero attached hydrogens (tertiary/aromatic N) is 6. The van der Waals surface area contributed by atoms with Crippen molar-refractivity contribution < 1.29 is 109 Å². The number of fused-ring (bicyclic) bond motifs is 4. The molecule has 7 heterocycles. The second kappa shape index (κ2) is 43.7. The quantitative estimate of drug-likeness (QED) is 0.0273. The van der Waals surface area contributed by atoms with Crippen LogP contribution in [0.25, 0.3) is 27.2 Å². The average Bonchev–Trinajstić information content (AvgIpc) is 1.51. The van der Waals surface area contributed by atoms with E-state index in [1.807, 2.05) is 53.5 Å². The number of unbranched alkanes of at least 4 members (excludes halogenated alkanes) is 1. The van der Waals surface area contributed by atoms with Crippen LogP contribution in [0.15, 0.2) is 106 Å². The normalized spacial score (nSPS) is 13.9. The van der Waals surface area contributed by atoms with Gasteiger partial charge in [0.25, 0.3) is 32.6 Å². The number of alkyl halides is 2. The number of halogens is 9. The van der Waals surface area contributed by atoms with Crippen LogP contribution in [0.2, 0.25) is 14.6 Å². The molecule has 2 aliphatic heterocycles. The molecule has 3 aliphatic rings. The van der Waals surface area contributed by atoms with Crippen LogP contribution in [-0.4, -0.2) is 103 Å². The molecular formula is C56H67BCl3F2I4N8O15PS5-2. The third kappa shape index (κ3) is 27.0. The summed E-state index contributed by atoms with van der Waals surface area (Å²) < 4.78 is 129. The number of carbonyl (C=O) groups is 3. The van der Waals surface area contributed by atoms with Crippen molar-refractivity contribution in [1.82, 2.24) is 36.6 Å². The molecule has 1 fully saturated rings. The van der Waals surface area contributed by atoms with E-state index in [0.717, 1.165) is 72.3 Å². The predicted octanol–water partition coefficient (Wildman–Crippen LogP) is 6.27. The molecule has 3 aromatic carbocycles. The van der Waals surface area contributed by atoms with E-state index in [9.17, 15) is 54.4 Å². The number of alkyl carbamates (subject to hydrolysis) is 1. The second-order valence-electron chi connectivity index (χ2n) is 18.5. The Kier molecular flexibility index (Phi) is 38.4. The molecule has 1 aliphatic carbocycles. The molecule has 2 amide bonds. The number of hydrogen-bond acceptors (Lipinski definition) is 20. The monoisotopic (exact) mass is 1950 g/mol. The molecule has 3 N–H and O–H groups in total. The number of aromatic nitrogens is 6. The molecule has 0 spiro atoms. The third-order valence-electron chi connectivity index (χ3n) is 11.9. The van der Waals surface area contributed by atoms with Gasteiger partial charge in [-0.25, -0.2) is 30.6 Å². The zero-order valence-electron chi connectivity index (χ0n) is 52.8. The topological polar surface area (TPSA) is 301 Å². The van der Waals surface area contributed by atoms with Crippen molar-refractivity contribution in [1.29, 1.82) is 1.19 Å². The molecule has 1 unspecified atom stereocenters. The minimum atomic E-state index is -4.23. The number of amides is 2. The summed E-state index contributed by atoms with van der Waals surface area (Å²) in [4.78, 5) is 68.6. The fourth-order valence-electron chi connectivity index (χ4n) is 7.90. The van der Waals surface area contributed by atoms with Gasteiger partial charge < -0.3 is 29.4 Å². The molecule has 8 aromatic rings. The minimum Gasteiger partial charge on any atom is -0.0958 e. The van der Waals surface area contributed by atoms with Crippen LogP contribution in [0.3, 0.4) is 0 Å². The summed E-state index contributed by atoms with van der Waals surface area (Å²) in [5.74, 6) is 1.62. The number of aryl methyl sites for hydroxylation is 5. The Hall–Kier alpha value is -3.80. The number of ether oxygens (including phenoxy) is 3. The van der Waals surface area contributed by atoms with Crippen LogP contribution in [0.1, 0.15) is 85.1 Å². The van der Waals surface area contributed by atoms with Gasteiger partial charge in [0.1, 0.15) is 27.5 Å². The first-order chi connectivity index (χ1) is 45.1. The molecule has 524 valence electrons. The SMILES string of the molecule is C.C.CCCCNC(=O)OCC#CI.Cc1noc(C)c1S(=O)(=O)n1c(Cl)nc2cc3c(cc21)OC(F)(F)O3.Cn1sc(Cl)c(Cl)c1=O.Cn1sc2ccccc2c1=O.Cn1sccc1=O.O=C(NC1CCCCC1)C1=Cc2ccccc2S1(=O)=O.[2H]C(=O)[I-][3H].[3H][I-]O.[B]P(C)I. The first-order valence-corrected chi connectivity index (χ1v) is 40.6. The summed E-state index contributed by atoms with van der Waals surface area (Å²) in [6.07, 6.45) is 4.55. The van der Waals surface area contributed by atoms with E-state index in [0.29, 0.717) is 20.4 Å². The summed E-state index contributed by atoms with van der Waals surface area (Å²) in [5.41, 5.74) is 0.513. The predicted molar refractivity (Wildman–Crippen MR) is 386 cm³/mol. The molecule has 2 radical (unpaired) electrons. The Morgan fingerprint density at radius 3 is 2.08 bits per heavy atom. The first-order valence-electron chi connectivity index (χ1n) is 27.6. The van der Waals surface area contributed by atoms with Gasteiger partial charge in [-0.1, -0.05) is 163 Å². The van der Waals surface area contributed by atoms with Gasteiger partial charge in [0.15, 0.2) is 28.8 Å². The average molecular weight is 1950 g/mol. The molecule has 39 heteroatoms. The van der Waals surface area contributed by atoms with Gasteiger partial charge in [-0.2, -0.15) is 0 Å². The van der Waals surface area contributed by atoms with Crippen LogP contribution in [0.4, 0.5) is 13.6 Å². The van der Waals surface area contributed by atoms with Crippen molar-refractivity contribution in [2.45, 2.75) is 103 Å². The second-order valence-corrected chi connectivity index (χ2v) is 33.3. The standard InChI is InChI=1S/C15H17NO3S.C13H8ClF2N3O5S.C8H12INO2.C8H7NOS.C4H3Cl2NOS.C4H5NOS.CH3BIP.CH2IO.2CH4.H2IO/c17-15(16-12-7-2-1-3-8-12)14-10-11-6-4-5-9-13(11)20(14,18)19;1-5-11(6(2)24-18-5)25(20,21)19-8-4-10-9(22-13(15,16)23-10)3-7(8)17-12(19)14;1-2-3-6-10-8(11)12-7-4-5-9;1-9-8(10)6-4-2-3-5-7(6)11-9;1-7-4(8)2(5)3(6)9-7;1-5-4(6)2-3-7-5;1-4(2)3;2-1-3;;;1-2/h4-6,9-10,12H,1-3,7-8H2,(H,16,17);3-4H,1-2H3;2-3,6-7H2,1H3,(H,10,11);2-5H,1H3;1H3;2-3H,1H3;1H3;1-2H;2*1H4;1-2H/q;;;;;;;-1;;;-1/i;;;;;;;1D,2T;;;1T. The summed E-state index contributed by atoms with van der Waals surface area (Å²) >= 11 is 22.7. The zero-order chi connectivity index (χ0) is 72.3. The summed E-state index contributed by atoms with van der Waals surface area (Å²) in [6, 6.07) is 18.2. The van der Waals surface area contributed by atoms with E-state index in [4.69, 9.17) is 57.6 Å². The van der Waals surface area contributed by atoms with Gasteiger partial charge in [0.05, 0.1) is 26.0 Å². The molecule has 5 aromatic heterocycles. The van der Waals surface area contributed by atoms with Gasteiger partial charge in [0.2, 0.25) is 15.1 Å². The van der Waals surface area contributed by atoms with Crippen molar-refractivity contribution in [2.75, 3.05) is 19.8 Å². The summed E-state index contributed by atoms with van der Waals surface area (Å²) in [5, 5.41) is 11.4. The number of benzene rings is 3. The minimum absolute atomic E-state index is 0. The molecule has 1 atom stereocenters. The van der Waals surface area contributed by atoms with E-state index >= 15 is 0 Å². The van der Waals surface area contributed by atoms with E-state index in [-0.39, 0.29) is 115 Å². The number of rotatable bonds is 9. The number of carbonyl (C=O) groups excluding carboxylic acids is 3. The fourth-order valence-corrected chi connectivity index (χ4v) is 14.3. The van der Waals surface area contributed by atoms with Crippen molar-refractivity contribution in [3.8, 4) is 21.3 Å². The van der Waals surface area contributed by atoms with Gasteiger partial charge in [-0.15, -0.1) is 8.78 Å². The van der Waals surface area contributed by atoms with Crippen molar-refractivity contribution in [2.24, 2.45) is 21.1 Å². The maximum atomic E-state index is 13.2. The summed E-state index contributed by atoms with van der Waals surface area (Å²) in [6.45, 7) is 7.78. The number of imidazole rings is 1. The Balaban J connectivity index is 0.000000591. The van der Waals surface area contributed by atoms with Gasteiger partial charge in [-0.05, 0) is 96.7 Å². The summed E-state index contributed by atoms with van der Waals surface area (Å²) in [7, 11) is 2.42. The molecule has 11 rings (SSSR count). The first kappa shape index (κ1) is 83.6. The Labute approximate surface area is 634 Å².